The SMILES string of the molecule is CCn1cc(NC(=O)c2nn3c(C(F)(F)F)cc(-c4cccs4)nc3c2Cl)c(C(=O)NCc2ccco2)n1. The standard InChI is InChI=1S/C23H17ClF3N7O3S/c1-2-33-11-14(18(31-33)21(35)28-10-12-5-3-7-37-12)30-22(36)19-17(24)20-29-13(15-6-4-8-38-15)9-16(23(25,26)27)34(20)32-19/h3-9,11H,2,10H2,1H3,(H,28,35)(H,30,36). The summed E-state index contributed by atoms with van der Waals surface area (Å²) in [5, 5.41) is 14.4. The first-order valence-corrected chi connectivity index (χ1v) is 12.3. The summed E-state index contributed by atoms with van der Waals surface area (Å²) in [4.78, 5) is 30.6. The van der Waals surface area contributed by atoms with E-state index in [0.29, 0.717) is 21.7 Å². The highest BCUT2D eigenvalue weighted by molar-refractivity contribution is 7.13. The monoisotopic (exact) mass is 563 g/mol. The Morgan fingerprint density at radius 1 is 1.16 bits per heavy atom. The third kappa shape index (κ3) is 4.87. The number of rotatable bonds is 7. The van der Waals surface area contributed by atoms with Crippen LogP contribution in [0.1, 0.15) is 39.4 Å². The van der Waals surface area contributed by atoms with Gasteiger partial charge in [0.2, 0.25) is 0 Å². The van der Waals surface area contributed by atoms with Crippen molar-refractivity contribution in [1.82, 2.24) is 29.7 Å². The first kappa shape index (κ1) is 25.5. The molecule has 0 aliphatic carbocycles. The van der Waals surface area contributed by atoms with Gasteiger partial charge < -0.3 is 15.1 Å². The molecular weight excluding hydrogens is 547 g/mol. The molecule has 2 amide bonds. The van der Waals surface area contributed by atoms with Gasteiger partial charge in [0.05, 0.1) is 29.1 Å². The smallest absolute Gasteiger partial charge is 0.433 e. The number of halogens is 4. The minimum Gasteiger partial charge on any atom is -0.467 e. The van der Waals surface area contributed by atoms with Crippen molar-refractivity contribution in [3.8, 4) is 10.6 Å². The van der Waals surface area contributed by atoms with E-state index in [0.717, 1.165) is 6.07 Å². The molecule has 0 unspecified atom stereocenters. The van der Waals surface area contributed by atoms with Gasteiger partial charge in [0.1, 0.15) is 10.8 Å². The van der Waals surface area contributed by atoms with E-state index >= 15 is 0 Å². The second-order valence-electron chi connectivity index (χ2n) is 7.86. The summed E-state index contributed by atoms with van der Waals surface area (Å²) >= 11 is 7.54. The zero-order valence-corrected chi connectivity index (χ0v) is 21.0. The van der Waals surface area contributed by atoms with E-state index in [9.17, 15) is 22.8 Å². The molecule has 0 radical (unpaired) electrons. The number of nitrogens with zero attached hydrogens (tertiary/aromatic N) is 5. The molecule has 15 heteroatoms. The number of fused-ring (bicyclic) bond motifs is 1. The number of hydrogen-bond acceptors (Lipinski definition) is 7. The molecular formula is C23H17ClF3N7O3S. The molecule has 0 bridgehead atoms. The highest BCUT2D eigenvalue weighted by Gasteiger charge is 2.37. The van der Waals surface area contributed by atoms with Crippen LogP contribution in [-0.4, -0.2) is 36.2 Å². The van der Waals surface area contributed by atoms with Gasteiger partial charge in [-0.05, 0) is 36.6 Å². The van der Waals surface area contributed by atoms with E-state index in [1.54, 1.807) is 36.6 Å². The van der Waals surface area contributed by atoms with Crippen LogP contribution in [-0.2, 0) is 19.3 Å². The summed E-state index contributed by atoms with van der Waals surface area (Å²) in [6, 6.07) is 7.48. The molecule has 5 rings (SSSR count). The predicted molar refractivity (Wildman–Crippen MR) is 132 cm³/mol. The Kier molecular flexibility index (Phi) is 6.67. The van der Waals surface area contributed by atoms with Crippen molar-refractivity contribution < 1.29 is 27.2 Å². The number of hydrogen-bond donors (Lipinski definition) is 2. The highest BCUT2D eigenvalue weighted by atomic mass is 35.5. The predicted octanol–water partition coefficient (Wildman–Crippen LogP) is 5.12. The van der Waals surface area contributed by atoms with Crippen LogP contribution in [0.4, 0.5) is 18.9 Å². The average molecular weight is 564 g/mol. The minimum atomic E-state index is -4.81. The summed E-state index contributed by atoms with van der Waals surface area (Å²) in [5.41, 5.74) is -2.04. The van der Waals surface area contributed by atoms with Gasteiger partial charge >= 0.3 is 6.18 Å². The molecule has 0 aromatic carbocycles. The van der Waals surface area contributed by atoms with Crippen molar-refractivity contribution in [1.29, 1.82) is 0 Å². The minimum absolute atomic E-state index is 0.0187. The molecule has 196 valence electrons. The number of aromatic nitrogens is 5. The third-order valence-corrected chi connectivity index (χ3v) is 6.60. The number of nitrogens with one attached hydrogen (secondary N) is 2. The van der Waals surface area contributed by atoms with Crippen molar-refractivity contribution >= 4 is 46.1 Å². The third-order valence-electron chi connectivity index (χ3n) is 5.36. The molecule has 5 aromatic rings. The summed E-state index contributed by atoms with van der Waals surface area (Å²) < 4.78 is 48.8. The highest BCUT2D eigenvalue weighted by Crippen LogP contribution is 2.35. The number of aryl methyl sites for hydroxylation is 1. The molecule has 38 heavy (non-hydrogen) atoms. The lowest BCUT2D eigenvalue weighted by Gasteiger charge is -2.10. The lowest BCUT2D eigenvalue weighted by atomic mass is 10.2. The Morgan fingerprint density at radius 2 is 1.97 bits per heavy atom. The summed E-state index contributed by atoms with van der Waals surface area (Å²) in [5.74, 6) is -1.04. The van der Waals surface area contributed by atoms with Gasteiger partial charge in [-0.1, -0.05) is 17.7 Å². The van der Waals surface area contributed by atoms with Gasteiger partial charge in [0.15, 0.2) is 22.7 Å². The van der Waals surface area contributed by atoms with Crippen LogP contribution in [0, 0.1) is 0 Å². The van der Waals surface area contributed by atoms with E-state index < -0.39 is 29.4 Å². The topological polar surface area (TPSA) is 119 Å². The fourth-order valence-electron chi connectivity index (χ4n) is 3.58. The largest absolute Gasteiger partial charge is 0.467 e. The number of alkyl halides is 3. The van der Waals surface area contributed by atoms with Gasteiger partial charge in [-0.25, -0.2) is 9.50 Å². The molecule has 0 saturated heterocycles. The Hall–Kier alpha value is -4.17. The molecule has 0 spiro atoms. The average Bonchev–Trinajstić information content (AvgIpc) is 3.69. The van der Waals surface area contributed by atoms with Crippen molar-refractivity contribution in [3.63, 3.8) is 0 Å². The summed E-state index contributed by atoms with van der Waals surface area (Å²) in [6.07, 6.45) is -1.94. The maximum absolute atomic E-state index is 13.9. The fourth-order valence-corrected chi connectivity index (χ4v) is 4.51. The lowest BCUT2D eigenvalue weighted by molar-refractivity contribution is -0.142. The number of anilines is 1. The van der Waals surface area contributed by atoms with Crippen molar-refractivity contribution in [2.45, 2.75) is 26.2 Å². The van der Waals surface area contributed by atoms with Crippen molar-refractivity contribution in [2.75, 3.05) is 5.32 Å². The number of carbonyl (C=O) groups excluding carboxylic acids is 2. The fraction of sp³-hybridized carbons (Fsp3) is 0.174. The van der Waals surface area contributed by atoms with Crippen LogP contribution in [0.25, 0.3) is 16.2 Å². The lowest BCUT2D eigenvalue weighted by Crippen LogP contribution is -2.25. The molecule has 0 saturated carbocycles. The van der Waals surface area contributed by atoms with E-state index in [1.807, 2.05) is 0 Å². The number of furan rings is 1. The van der Waals surface area contributed by atoms with Gasteiger partial charge in [-0.3, -0.25) is 14.3 Å². The summed E-state index contributed by atoms with van der Waals surface area (Å²) in [7, 11) is 0. The Balaban J connectivity index is 1.49. The second-order valence-corrected chi connectivity index (χ2v) is 9.19. The molecule has 10 nitrogen and oxygen atoms in total. The quantitative estimate of drug-likeness (QED) is 0.284. The number of carbonyl (C=O) groups is 2. The van der Waals surface area contributed by atoms with Gasteiger partial charge in [0.25, 0.3) is 11.8 Å². The number of thiophene rings is 1. The van der Waals surface area contributed by atoms with Crippen LogP contribution < -0.4 is 10.6 Å². The van der Waals surface area contributed by atoms with E-state index in [1.165, 1.54) is 28.5 Å². The maximum Gasteiger partial charge on any atom is 0.433 e. The second kappa shape index (κ2) is 9.95. The first-order chi connectivity index (χ1) is 18.2. The molecule has 0 aliphatic heterocycles. The van der Waals surface area contributed by atoms with E-state index in [-0.39, 0.29) is 34.3 Å². The van der Waals surface area contributed by atoms with Gasteiger partial charge in [0, 0.05) is 12.7 Å². The molecule has 2 N–H and O–H groups in total. The van der Waals surface area contributed by atoms with Crippen LogP contribution >= 0.6 is 22.9 Å². The zero-order valence-electron chi connectivity index (χ0n) is 19.4. The number of amides is 2. The van der Waals surface area contributed by atoms with E-state index in [4.69, 9.17) is 16.0 Å². The zero-order chi connectivity index (χ0) is 27.0. The maximum atomic E-state index is 13.9. The van der Waals surface area contributed by atoms with Crippen molar-refractivity contribution in [3.05, 3.63) is 76.0 Å². The normalized spacial score (nSPS) is 11.7. The van der Waals surface area contributed by atoms with E-state index in [2.05, 4.69) is 25.8 Å². The van der Waals surface area contributed by atoms with Crippen LogP contribution in [0.2, 0.25) is 5.02 Å². The molecule has 5 heterocycles. The van der Waals surface area contributed by atoms with Crippen molar-refractivity contribution in [2.24, 2.45) is 0 Å². The molecule has 0 fully saturated rings. The summed E-state index contributed by atoms with van der Waals surface area (Å²) in [6.45, 7) is 2.24. The molecule has 0 atom stereocenters. The Labute approximate surface area is 221 Å². The van der Waals surface area contributed by atoms with Gasteiger partial charge in [-0.2, -0.15) is 23.4 Å². The van der Waals surface area contributed by atoms with Crippen LogP contribution in [0.15, 0.2) is 52.6 Å². The van der Waals surface area contributed by atoms with Crippen LogP contribution in [0.5, 0.6) is 0 Å². The molecule has 5 aromatic heterocycles. The Bertz CT molecular complexity index is 1630. The Morgan fingerprint density at radius 3 is 2.63 bits per heavy atom. The van der Waals surface area contributed by atoms with Crippen LogP contribution in [0.3, 0.4) is 0 Å². The first-order valence-electron chi connectivity index (χ1n) is 11.1. The molecule has 0 aliphatic rings. The van der Waals surface area contributed by atoms with Gasteiger partial charge in [-0.15, -0.1) is 11.3 Å².